The summed E-state index contributed by atoms with van der Waals surface area (Å²) in [7, 11) is 5.40. The van der Waals surface area contributed by atoms with E-state index in [4.69, 9.17) is 9.47 Å². The van der Waals surface area contributed by atoms with Crippen LogP contribution in [-0.2, 0) is 9.53 Å². The molecule has 2 unspecified atom stereocenters. The van der Waals surface area contributed by atoms with Crippen LogP contribution in [0.4, 0.5) is 17.1 Å². The van der Waals surface area contributed by atoms with Crippen molar-refractivity contribution in [1.82, 2.24) is 0 Å². The molecule has 0 aromatic heterocycles. The lowest BCUT2D eigenvalue weighted by atomic mass is 10.0. The number of benzene rings is 2. The minimum Gasteiger partial charge on any atom is -0.497 e. The highest BCUT2D eigenvalue weighted by molar-refractivity contribution is 6.06. The predicted molar refractivity (Wildman–Crippen MR) is 107 cm³/mol. The van der Waals surface area contributed by atoms with Crippen LogP contribution in [0.1, 0.15) is 30.1 Å². The van der Waals surface area contributed by atoms with Crippen LogP contribution in [0.2, 0.25) is 0 Å². The Labute approximate surface area is 159 Å². The maximum Gasteiger partial charge on any atom is 0.234 e. The molecule has 4 rings (SSSR count). The van der Waals surface area contributed by atoms with Crippen LogP contribution in [0, 0.1) is 0 Å². The molecule has 2 aromatic rings. The summed E-state index contributed by atoms with van der Waals surface area (Å²) in [4.78, 5) is 16.7. The highest BCUT2D eigenvalue weighted by atomic mass is 16.5. The molecule has 2 atom stereocenters. The van der Waals surface area contributed by atoms with E-state index in [9.17, 15) is 4.79 Å². The second-order valence-electron chi connectivity index (χ2n) is 7.06. The second kappa shape index (κ2) is 6.78. The number of rotatable bonds is 5. The molecule has 2 heterocycles. The zero-order chi connectivity index (χ0) is 19.1. The average molecular weight is 367 g/mol. The Morgan fingerprint density at radius 1 is 1.11 bits per heavy atom. The third-order valence-corrected chi connectivity index (χ3v) is 5.55. The van der Waals surface area contributed by atoms with Gasteiger partial charge in [0, 0.05) is 26.4 Å². The molecule has 2 aliphatic rings. The first kappa shape index (κ1) is 17.7. The zero-order valence-electron chi connectivity index (χ0n) is 16.2. The molecule has 2 aromatic carbocycles. The monoisotopic (exact) mass is 367 g/mol. The van der Waals surface area contributed by atoms with Crippen molar-refractivity contribution in [2.75, 3.05) is 49.5 Å². The van der Waals surface area contributed by atoms with Gasteiger partial charge < -0.3 is 24.6 Å². The third kappa shape index (κ3) is 2.80. The fourth-order valence-electron chi connectivity index (χ4n) is 3.96. The van der Waals surface area contributed by atoms with Gasteiger partial charge in [0.25, 0.3) is 0 Å². The smallest absolute Gasteiger partial charge is 0.234 e. The van der Waals surface area contributed by atoms with Gasteiger partial charge in [-0.05, 0) is 42.3 Å². The quantitative estimate of drug-likeness (QED) is 0.878. The number of nitrogens with one attached hydrogen (secondary N) is 1. The first-order valence-electron chi connectivity index (χ1n) is 9.16. The summed E-state index contributed by atoms with van der Waals surface area (Å²) >= 11 is 0. The van der Waals surface area contributed by atoms with Crippen molar-refractivity contribution in [2.45, 2.75) is 19.0 Å². The molecular weight excluding hydrogens is 342 g/mol. The summed E-state index contributed by atoms with van der Waals surface area (Å²) in [6, 6.07) is 12.3. The molecule has 0 saturated carbocycles. The number of anilines is 3. The SMILES string of the molecule is COCCN1C(=O)C(C)c2cc3c(cc21)N(C)C(c1ccc(OC)cc1)N3. The van der Waals surface area contributed by atoms with Crippen LogP contribution >= 0.6 is 0 Å². The molecule has 0 radical (unpaired) electrons. The molecule has 2 aliphatic heterocycles. The van der Waals surface area contributed by atoms with E-state index in [-0.39, 0.29) is 18.0 Å². The maximum absolute atomic E-state index is 12.6. The maximum atomic E-state index is 12.6. The first-order chi connectivity index (χ1) is 13.0. The van der Waals surface area contributed by atoms with Gasteiger partial charge in [-0.15, -0.1) is 0 Å². The molecule has 0 aliphatic carbocycles. The van der Waals surface area contributed by atoms with Crippen molar-refractivity contribution in [1.29, 1.82) is 0 Å². The number of amides is 1. The van der Waals surface area contributed by atoms with Gasteiger partial charge in [0.15, 0.2) is 0 Å². The third-order valence-electron chi connectivity index (χ3n) is 5.55. The lowest BCUT2D eigenvalue weighted by Gasteiger charge is -2.23. The summed E-state index contributed by atoms with van der Waals surface area (Å²) in [5.74, 6) is 0.853. The van der Waals surface area contributed by atoms with Crippen molar-refractivity contribution in [3.8, 4) is 5.75 Å². The molecule has 0 spiro atoms. The van der Waals surface area contributed by atoms with Crippen molar-refractivity contribution >= 4 is 23.0 Å². The van der Waals surface area contributed by atoms with E-state index in [2.05, 4.69) is 41.5 Å². The van der Waals surface area contributed by atoms with E-state index < -0.39 is 0 Å². The van der Waals surface area contributed by atoms with Crippen LogP contribution in [0.5, 0.6) is 5.75 Å². The van der Waals surface area contributed by atoms with Crippen LogP contribution in [0.3, 0.4) is 0 Å². The number of hydrogen-bond donors (Lipinski definition) is 1. The Hall–Kier alpha value is -2.73. The van der Waals surface area contributed by atoms with Crippen LogP contribution in [-0.4, -0.2) is 40.3 Å². The topological polar surface area (TPSA) is 54.0 Å². The van der Waals surface area contributed by atoms with Gasteiger partial charge in [0.05, 0.1) is 31.0 Å². The van der Waals surface area contributed by atoms with Crippen LogP contribution in [0.25, 0.3) is 0 Å². The van der Waals surface area contributed by atoms with Gasteiger partial charge in [0.2, 0.25) is 5.91 Å². The first-order valence-corrected chi connectivity index (χ1v) is 9.16. The van der Waals surface area contributed by atoms with Gasteiger partial charge >= 0.3 is 0 Å². The van der Waals surface area contributed by atoms with Gasteiger partial charge in [-0.3, -0.25) is 4.79 Å². The molecule has 0 fully saturated rings. The lowest BCUT2D eigenvalue weighted by Crippen LogP contribution is -2.31. The molecule has 1 amide bonds. The van der Waals surface area contributed by atoms with E-state index in [1.165, 1.54) is 0 Å². The number of fused-ring (bicyclic) bond motifs is 2. The number of ether oxygens (including phenoxy) is 2. The van der Waals surface area contributed by atoms with Crippen molar-refractivity contribution in [3.63, 3.8) is 0 Å². The molecule has 0 bridgehead atoms. The van der Waals surface area contributed by atoms with Crippen molar-refractivity contribution in [2.24, 2.45) is 0 Å². The second-order valence-corrected chi connectivity index (χ2v) is 7.06. The van der Waals surface area contributed by atoms with Gasteiger partial charge in [-0.25, -0.2) is 0 Å². The van der Waals surface area contributed by atoms with E-state index in [1.54, 1.807) is 14.2 Å². The Kier molecular flexibility index (Phi) is 4.44. The fourth-order valence-corrected chi connectivity index (χ4v) is 3.96. The molecule has 142 valence electrons. The van der Waals surface area contributed by atoms with Crippen molar-refractivity contribution < 1.29 is 14.3 Å². The lowest BCUT2D eigenvalue weighted by molar-refractivity contribution is -0.119. The Balaban J connectivity index is 1.67. The van der Waals surface area contributed by atoms with E-state index >= 15 is 0 Å². The Morgan fingerprint density at radius 2 is 1.85 bits per heavy atom. The molecule has 27 heavy (non-hydrogen) atoms. The summed E-state index contributed by atoms with van der Waals surface area (Å²) in [5, 5.41) is 3.59. The Bertz CT molecular complexity index is 866. The number of carbonyl (C=O) groups is 1. The van der Waals surface area contributed by atoms with E-state index in [1.807, 2.05) is 24.0 Å². The standard InChI is InChI=1S/C21H25N3O3/c1-13-16-11-17-19(12-18(16)24(21(13)25)9-10-26-3)23(2)20(22-17)14-5-7-15(27-4)8-6-14/h5-8,11-13,20,22H,9-10H2,1-4H3. The average Bonchev–Trinajstić information content (AvgIpc) is 3.13. The largest absolute Gasteiger partial charge is 0.497 e. The fraction of sp³-hybridized carbons (Fsp3) is 0.381. The molecule has 6 heteroatoms. The minimum absolute atomic E-state index is 0.0480. The van der Waals surface area contributed by atoms with Gasteiger partial charge in [-0.1, -0.05) is 12.1 Å². The molecule has 6 nitrogen and oxygen atoms in total. The zero-order valence-corrected chi connectivity index (χ0v) is 16.2. The summed E-state index contributed by atoms with van der Waals surface area (Å²) in [6.45, 7) is 3.07. The molecule has 0 saturated heterocycles. The molecule has 1 N–H and O–H groups in total. The number of hydrogen-bond acceptors (Lipinski definition) is 5. The predicted octanol–water partition coefficient (Wildman–Crippen LogP) is 3.35. The number of methoxy groups -OCH3 is 2. The van der Waals surface area contributed by atoms with Crippen LogP contribution < -0.4 is 19.9 Å². The highest BCUT2D eigenvalue weighted by Crippen LogP contribution is 2.48. The van der Waals surface area contributed by atoms with Gasteiger partial charge in [0.1, 0.15) is 11.9 Å². The Morgan fingerprint density at radius 3 is 2.52 bits per heavy atom. The van der Waals surface area contributed by atoms with Gasteiger partial charge in [-0.2, -0.15) is 0 Å². The summed E-state index contributed by atoms with van der Waals surface area (Å²) in [5.41, 5.74) is 5.39. The van der Waals surface area contributed by atoms with Crippen LogP contribution in [0.15, 0.2) is 36.4 Å². The van der Waals surface area contributed by atoms with Crippen molar-refractivity contribution in [3.05, 3.63) is 47.5 Å². The molecular formula is C21H25N3O3. The normalized spacial score (nSPS) is 20.5. The summed E-state index contributed by atoms with van der Waals surface area (Å²) < 4.78 is 10.4. The number of carbonyl (C=O) groups excluding carboxylic acids is 1. The summed E-state index contributed by atoms with van der Waals surface area (Å²) in [6.07, 6.45) is 0.0480. The minimum atomic E-state index is -0.130. The number of nitrogens with zero attached hydrogens (tertiary/aromatic N) is 2. The van der Waals surface area contributed by atoms with E-state index in [0.29, 0.717) is 13.2 Å². The van der Waals surface area contributed by atoms with E-state index in [0.717, 1.165) is 33.9 Å². The highest BCUT2D eigenvalue weighted by Gasteiger charge is 2.37.